The van der Waals surface area contributed by atoms with Crippen LogP contribution in [0.4, 0.5) is 0 Å². The van der Waals surface area contributed by atoms with E-state index in [1.54, 1.807) is 0 Å². The molecule has 0 aliphatic rings. The minimum atomic E-state index is 0.591. The normalized spacial score (nSPS) is 12.0. The van der Waals surface area contributed by atoms with Crippen LogP contribution >= 0.6 is 0 Å². The summed E-state index contributed by atoms with van der Waals surface area (Å²) in [7, 11) is 0. The van der Waals surface area contributed by atoms with Gasteiger partial charge in [-0.15, -0.1) is 0 Å². The van der Waals surface area contributed by atoms with Crippen molar-refractivity contribution in [1.29, 1.82) is 0 Å². The molecule has 6 heteroatoms. The first-order valence-corrected chi connectivity index (χ1v) is 17.8. The summed E-state index contributed by atoms with van der Waals surface area (Å²) in [5.74, 6) is 0. The monoisotopic (exact) mass is 620 g/mol. The Balaban J connectivity index is 1.02. The van der Waals surface area contributed by atoms with Gasteiger partial charge in [-0.25, -0.2) is 0 Å². The molecule has 0 aromatic carbocycles. The van der Waals surface area contributed by atoms with Gasteiger partial charge in [-0.2, -0.15) is 0 Å². The molecule has 4 heterocycles. The zero-order valence-corrected chi connectivity index (χ0v) is 28.6. The average molecular weight is 621 g/mol. The number of nitrogens with zero attached hydrogens (tertiary/aromatic N) is 4. The number of aryl methyl sites for hydroxylation is 2. The van der Waals surface area contributed by atoms with E-state index in [2.05, 4.69) is 87.7 Å². The maximum atomic E-state index is 4.57. The summed E-state index contributed by atoms with van der Waals surface area (Å²) < 4.78 is 0. The Kier molecular flexibility index (Phi) is 15.8. The van der Waals surface area contributed by atoms with E-state index in [9.17, 15) is 0 Å². The maximum Gasteiger partial charge on any atom is 0.0889 e. The van der Waals surface area contributed by atoms with Crippen LogP contribution < -0.4 is 10.6 Å². The van der Waals surface area contributed by atoms with Crippen LogP contribution in [0.15, 0.2) is 73.3 Å². The van der Waals surface area contributed by atoms with Crippen LogP contribution in [-0.4, -0.2) is 32.5 Å². The first-order chi connectivity index (χ1) is 22.6. The van der Waals surface area contributed by atoms with Gasteiger partial charge in [0, 0.05) is 43.9 Å². The highest BCUT2D eigenvalue weighted by atomic mass is 14.9. The largest absolute Gasteiger partial charge is 0.313 e. The molecule has 0 fully saturated rings. The molecule has 0 aliphatic heterocycles. The Morgan fingerprint density at radius 1 is 0.522 bits per heavy atom. The Morgan fingerprint density at radius 3 is 1.52 bits per heavy atom. The highest BCUT2D eigenvalue weighted by molar-refractivity contribution is 5.56. The minimum absolute atomic E-state index is 0.591. The van der Waals surface area contributed by atoms with E-state index in [0.717, 1.165) is 42.4 Å². The fourth-order valence-electron chi connectivity index (χ4n) is 5.97. The molecule has 0 amide bonds. The van der Waals surface area contributed by atoms with Crippen LogP contribution in [-0.2, 0) is 13.1 Å². The molecule has 4 aromatic heterocycles. The van der Waals surface area contributed by atoms with Crippen molar-refractivity contribution in [3.05, 3.63) is 95.6 Å². The Labute approximate surface area is 278 Å². The number of hydrogen-bond acceptors (Lipinski definition) is 6. The second kappa shape index (κ2) is 20.6. The van der Waals surface area contributed by atoms with Crippen LogP contribution in [0.1, 0.15) is 113 Å². The molecule has 2 N–H and O–H groups in total. The SMILES string of the molecule is CCCCC(CCCCCCCCCCCNCc1ccnc(-c2cc(C)ccn2)c1)NCc1ccnc(-c2cc(C)ccn2)c1. The molecule has 4 rings (SSSR count). The second-order valence-electron chi connectivity index (χ2n) is 12.9. The van der Waals surface area contributed by atoms with Gasteiger partial charge in [0.25, 0.3) is 0 Å². The molecule has 0 spiro atoms. The lowest BCUT2D eigenvalue weighted by atomic mass is 10.0. The first-order valence-electron chi connectivity index (χ1n) is 17.8. The lowest BCUT2D eigenvalue weighted by Gasteiger charge is -2.19. The van der Waals surface area contributed by atoms with Gasteiger partial charge >= 0.3 is 0 Å². The molecule has 0 aliphatic carbocycles. The molecule has 0 bridgehead atoms. The molecule has 6 nitrogen and oxygen atoms in total. The van der Waals surface area contributed by atoms with Crippen molar-refractivity contribution in [3.8, 4) is 22.8 Å². The van der Waals surface area contributed by atoms with Gasteiger partial charge in [-0.3, -0.25) is 19.9 Å². The summed E-state index contributed by atoms with van der Waals surface area (Å²) in [5, 5.41) is 7.47. The zero-order chi connectivity index (χ0) is 32.2. The van der Waals surface area contributed by atoms with E-state index in [-0.39, 0.29) is 0 Å². The number of rotatable bonds is 22. The van der Waals surface area contributed by atoms with Crippen molar-refractivity contribution in [2.45, 2.75) is 123 Å². The highest BCUT2D eigenvalue weighted by Crippen LogP contribution is 2.19. The van der Waals surface area contributed by atoms with Gasteiger partial charge in [0.05, 0.1) is 22.8 Å². The van der Waals surface area contributed by atoms with E-state index in [4.69, 9.17) is 0 Å². The van der Waals surface area contributed by atoms with Crippen LogP contribution in [0.3, 0.4) is 0 Å². The van der Waals surface area contributed by atoms with Crippen molar-refractivity contribution >= 4 is 0 Å². The minimum Gasteiger partial charge on any atom is -0.313 e. The summed E-state index contributed by atoms with van der Waals surface area (Å²) in [6.45, 7) is 9.32. The zero-order valence-electron chi connectivity index (χ0n) is 28.6. The lowest BCUT2D eigenvalue weighted by molar-refractivity contribution is 0.417. The molecule has 0 saturated carbocycles. The fraction of sp³-hybridized carbons (Fsp3) is 0.500. The van der Waals surface area contributed by atoms with Crippen molar-refractivity contribution in [2.24, 2.45) is 0 Å². The quantitative estimate of drug-likeness (QED) is 0.0852. The molecule has 1 atom stereocenters. The summed E-state index contributed by atoms with van der Waals surface area (Å²) in [5.41, 5.74) is 8.76. The molecule has 1 unspecified atom stereocenters. The van der Waals surface area contributed by atoms with E-state index in [0.29, 0.717) is 6.04 Å². The fourth-order valence-corrected chi connectivity index (χ4v) is 5.97. The topological polar surface area (TPSA) is 75.6 Å². The van der Waals surface area contributed by atoms with Gasteiger partial charge < -0.3 is 10.6 Å². The predicted octanol–water partition coefficient (Wildman–Crippen LogP) is 9.56. The molecule has 0 radical (unpaired) electrons. The summed E-state index contributed by atoms with van der Waals surface area (Å²) in [6.07, 6.45) is 24.7. The molecular weight excluding hydrogens is 564 g/mol. The summed E-state index contributed by atoms with van der Waals surface area (Å²) >= 11 is 0. The van der Waals surface area contributed by atoms with Gasteiger partial charge in [0.15, 0.2) is 0 Å². The molecule has 4 aromatic rings. The maximum absolute atomic E-state index is 4.57. The van der Waals surface area contributed by atoms with E-state index in [1.165, 1.54) is 106 Å². The molecule has 46 heavy (non-hydrogen) atoms. The van der Waals surface area contributed by atoms with Gasteiger partial charge in [0.2, 0.25) is 0 Å². The Bertz CT molecular complexity index is 1420. The van der Waals surface area contributed by atoms with E-state index in [1.807, 2.05) is 36.9 Å². The molecule has 0 saturated heterocycles. The number of aromatic nitrogens is 4. The number of hydrogen-bond donors (Lipinski definition) is 2. The third-order valence-electron chi connectivity index (χ3n) is 8.74. The van der Waals surface area contributed by atoms with Gasteiger partial charge in [-0.1, -0.05) is 71.1 Å². The Hall–Kier alpha value is -3.48. The summed E-state index contributed by atoms with van der Waals surface area (Å²) in [6, 6.07) is 17.4. The smallest absolute Gasteiger partial charge is 0.0889 e. The van der Waals surface area contributed by atoms with Crippen molar-refractivity contribution in [3.63, 3.8) is 0 Å². The lowest BCUT2D eigenvalue weighted by Crippen LogP contribution is -2.28. The van der Waals surface area contributed by atoms with Gasteiger partial charge in [-0.05, 0) is 110 Å². The van der Waals surface area contributed by atoms with Crippen LogP contribution in [0.5, 0.6) is 0 Å². The third-order valence-corrected chi connectivity index (χ3v) is 8.74. The van der Waals surface area contributed by atoms with Crippen molar-refractivity contribution in [1.82, 2.24) is 30.6 Å². The summed E-state index contributed by atoms with van der Waals surface area (Å²) in [4.78, 5) is 18.1. The second-order valence-corrected chi connectivity index (χ2v) is 12.9. The van der Waals surface area contributed by atoms with E-state index < -0.39 is 0 Å². The average Bonchev–Trinajstić information content (AvgIpc) is 3.08. The predicted molar refractivity (Wildman–Crippen MR) is 192 cm³/mol. The van der Waals surface area contributed by atoms with Crippen molar-refractivity contribution in [2.75, 3.05) is 6.54 Å². The Morgan fingerprint density at radius 2 is 0.978 bits per heavy atom. The van der Waals surface area contributed by atoms with Crippen LogP contribution in [0.25, 0.3) is 22.8 Å². The third kappa shape index (κ3) is 13.1. The van der Waals surface area contributed by atoms with Gasteiger partial charge in [0.1, 0.15) is 0 Å². The van der Waals surface area contributed by atoms with Crippen LogP contribution in [0.2, 0.25) is 0 Å². The number of nitrogens with one attached hydrogen (secondary N) is 2. The number of pyridine rings is 4. The standard InChI is InChI=1S/C40H56N6/c1-4-5-15-36(46-31-35-20-25-45-40(29-35)38-27-33(3)18-23-43-38)16-13-11-9-7-6-8-10-12-14-21-41-30-34-19-24-44-39(28-34)37-26-32(2)17-22-42-37/h17-20,22-29,36,41,46H,4-16,21,30-31H2,1-3H3. The molecular formula is C40H56N6. The van der Waals surface area contributed by atoms with Crippen LogP contribution in [0, 0.1) is 13.8 Å². The highest BCUT2D eigenvalue weighted by Gasteiger charge is 2.09. The number of unbranched alkanes of at least 4 members (excludes halogenated alkanes) is 9. The van der Waals surface area contributed by atoms with E-state index >= 15 is 0 Å². The first kappa shape index (κ1) is 35.4. The molecule has 246 valence electrons. The van der Waals surface area contributed by atoms with Crippen molar-refractivity contribution < 1.29 is 0 Å².